The summed E-state index contributed by atoms with van der Waals surface area (Å²) in [4.78, 5) is 17.6. The molecule has 0 spiro atoms. The minimum atomic E-state index is -0.430. The Morgan fingerprint density at radius 3 is 2.37 bits per heavy atom. The molecule has 27 heavy (non-hydrogen) atoms. The van der Waals surface area contributed by atoms with Crippen LogP contribution in [0.25, 0.3) is 0 Å². The average molecular weight is 365 g/mol. The summed E-state index contributed by atoms with van der Waals surface area (Å²) in [5.74, 6) is 0.450. The number of methoxy groups -OCH3 is 1. The molecule has 0 saturated carbocycles. The maximum atomic E-state index is 12.4. The molecule has 4 nitrogen and oxygen atoms in total. The van der Waals surface area contributed by atoms with Gasteiger partial charge < -0.3 is 9.57 Å². The third-order valence-electron chi connectivity index (χ3n) is 5.15. The van der Waals surface area contributed by atoms with E-state index in [9.17, 15) is 4.79 Å². The second-order valence-corrected chi connectivity index (χ2v) is 8.02. The van der Waals surface area contributed by atoms with Gasteiger partial charge in [-0.2, -0.15) is 0 Å². The Morgan fingerprint density at radius 1 is 1.04 bits per heavy atom. The minimum Gasteiger partial charge on any atom is -0.496 e. The van der Waals surface area contributed by atoms with E-state index in [2.05, 4.69) is 32.9 Å². The monoisotopic (exact) mass is 365 g/mol. The SMILES string of the molecule is COc1ccc2c(c1C)CCC/C2=N\OC(=O)c1ccc(C(C)(C)C)cc1. The molecule has 142 valence electrons. The lowest BCUT2D eigenvalue weighted by Gasteiger charge is -2.21. The number of benzene rings is 2. The lowest BCUT2D eigenvalue weighted by molar-refractivity contribution is 0.0515. The number of oxime groups is 1. The van der Waals surface area contributed by atoms with Crippen LogP contribution in [0.2, 0.25) is 0 Å². The molecule has 1 aliphatic rings. The summed E-state index contributed by atoms with van der Waals surface area (Å²) < 4.78 is 5.41. The Kier molecular flexibility index (Phi) is 5.36. The number of hydrogen-bond acceptors (Lipinski definition) is 4. The number of carbonyl (C=O) groups excluding carboxylic acids is 1. The predicted molar refractivity (Wildman–Crippen MR) is 108 cm³/mol. The molecule has 1 aliphatic carbocycles. The Labute approximate surface area is 161 Å². The van der Waals surface area contributed by atoms with Gasteiger partial charge in [-0.15, -0.1) is 0 Å². The van der Waals surface area contributed by atoms with Gasteiger partial charge in [0.05, 0.1) is 18.4 Å². The summed E-state index contributed by atoms with van der Waals surface area (Å²) >= 11 is 0. The molecule has 0 heterocycles. The highest BCUT2D eigenvalue weighted by molar-refractivity contribution is 6.03. The molecule has 0 radical (unpaired) electrons. The highest BCUT2D eigenvalue weighted by atomic mass is 16.7. The van der Waals surface area contributed by atoms with Crippen LogP contribution in [0, 0.1) is 6.92 Å². The molecule has 4 heteroatoms. The quantitative estimate of drug-likeness (QED) is 0.555. The van der Waals surface area contributed by atoms with E-state index in [0.29, 0.717) is 5.56 Å². The predicted octanol–water partition coefficient (Wildman–Crippen LogP) is 5.20. The molecule has 0 amide bonds. The summed E-state index contributed by atoms with van der Waals surface area (Å²) in [5, 5.41) is 4.19. The summed E-state index contributed by atoms with van der Waals surface area (Å²) in [6.07, 6.45) is 2.77. The van der Waals surface area contributed by atoms with Gasteiger partial charge in [0.2, 0.25) is 0 Å². The van der Waals surface area contributed by atoms with E-state index in [1.54, 1.807) is 19.2 Å². The summed E-state index contributed by atoms with van der Waals surface area (Å²) in [6.45, 7) is 8.49. The molecule has 0 unspecified atom stereocenters. The zero-order valence-corrected chi connectivity index (χ0v) is 16.8. The molecule has 0 aliphatic heterocycles. The van der Waals surface area contributed by atoms with Gasteiger partial charge in [0.15, 0.2) is 0 Å². The van der Waals surface area contributed by atoms with E-state index in [0.717, 1.165) is 41.9 Å². The van der Waals surface area contributed by atoms with Crippen molar-refractivity contribution in [2.75, 3.05) is 7.11 Å². The molecule has 0 bridgehead atoms. The number of rotatable bonds is 3. The third-order valence-corrected chi connectivity index (χ3v) is 5.15. The van der Waals surface area contributed by atoms with E-state index in [1.165, 1.54) is 11.1 Å². The van der Waals surface area contributed by atoms with Crippen LogP contribution in [0.15, 0.2) is 41.6 Å². The maximum Gasteiger partial charge on any atom is 0.365 e. The van der Waals surface area contributed by atoms with E-state index < -0.39 is 5.97 Å². The Morgan fingerprint density at radius 2 is 1.74 bits per heavy atom. The second-order valence-electron chi connectivity index (χ2n) is 8.02. The van der Waals surface area contributed by atoms with Crippen molar-refractivity contribution in [3.63, 3.8) is 0 Å². The van der Waals surface area contributed by atoms with E-state index in [1.807, 2.05) is 24.3 Å². The second kappa shape index (κ2) is 7.55. The van der Waals surface area contributed by atoms with Gasteiger partial charge in [0, 0.05) is 5.56 Å². The first-order valence-corrected chi connectivity index (χ1v) is 9.37. The standard InChI is InChI=1S/C23H27NO3/c1-15-18-7-6-8-20(19(18)13-14-21(15)26-5)24-27-22(25)16-9-11-17(12-10-16)23(2,3)4/h9-14H,6-8H2,1-5H3/b24-20+. The van der Waals surface area contributed by atoms with E-state index in [-0.39, 0.29) is 5.41 Å². The topological polar surface area (TPSA) is 47.9 Å². The minimum absolute atomic E-state index is 0.0490. The van der Waals surface area contributed by atoms with Crippen molar-refractivity contribution in [2.24, 2.45) is 5.16 Å². The van der Waals surface area contributed by atoms with Gasteiger partial charge in [0.25, 0.3) is 0 Å². The lowest BCUT2D eigenvalue weighted by Crippen LogP contribution is -2.15. The summed E-state index contributed by atoms with van der Waals surface area (Å²) in [6, 6.07) is 11.5. The molecule has 0 aromatic heterocycles. The molecular formula is C23H27NO3. The van der Waals surface area contributed by atoms with Crippen molar-refractivity contribution in [2.45, 2.75) is 52.4 Å². The summed E-state index contributed by atoms with van der Waals surface area (Å²) in [7, 11) is 1.68. The highest BCUT2D eigenvalue weighted by Gasteiger charge is 2.21. The number of carbonyl (C=O) groups is 1. The first kappa shape index (κ1) is 19.2. The van der Waals surface area contributed by atoms with Crippen molar-refractivity contribution in [1.29, 1.82) is 0 Å². The Hall–Kier alpha value is -2.62. The fraction of sp³-hybridized carbons (Fsp3) is 0.391. The molecule has 2 aromatic rings. The van der Waals surface area contributed by atoms with Gasteiger partial charge >= 0.3 is 5.97 Å². The fourth-order valence-corrected chi connectivity index (χ4v) is 3.47. The van der Waals surface area contributed by atoms with Gasteiger partial charge in [-0.05, 0) is 72.6 Å². The number of fused-ring (bicyclic) bond motifs is 1. The van der Waals surface area contributed by atoms with Crippen LogP contribution in [0.1, 0.15) is 66.2 Å². The molecule has 3 rings (SSSR count). The van der Waals surface area contributed by atoms with Crippen molar-refractivity contribution in [1.82, 2.24) is 0 Å². The first-order valence-electron chi connectivity index (χ1n) is 9.37. The van der Waals surface area contributed by atoms with Crippen LogP contribution in [-0.2, 0) is 16.7 Å². The van der Waals surface area contributed by atoms with Crippen LogP contribution in [-0.4, -0.2) is 18.8 Å². The van der Waals surface area contributed by atoms with Crippen LogP contribution < -0.4 is 4.74 Å². The van der Waals surface area contributed by atoms with Gasteiger partial charge in [-0.1, -0.05) is 38.1 Å². The normalized spacial score (nSPS) is 15.4. The smallest absolute Gasteiger partial charge is 0.365 e. The highest BCUT2D eigenvalue weighted by Crippen LogP contribution is 2.31. The summed E-state index contributed by atoms with van der Waals surface area (Å²) in [5.41, 5.74) is 5.96. The van der Waals surface area contributed by atoms with E-state index >= 15 is 0 Å². The lowest BCUT2D eigenvalue weighted by atomic mass is 9.87. The van der Waals surface area contributed by atoms with Gasteiger partial charge in [-0.25, -0.2) is 4.79 Å². The van der Waals surface area contributed by atoms with Crippen molar-refractivity contribution < 1.29 is 14.4 Å². The fourth-order valence-electron chi connectivity index (χ4n) is 3.47. The van der Waals surface area contributed by atoms with Gasteiger partial charge in [0.1, 0.15) is 5.75 Å². The third kappa shape index (κ3) is 4.05. The van der Waals surface area contributed by atoms with Crippen LogP contribution >= 0.6 is 0 Å². The zero-order chi connectivity index (χ0) is 19.6. The van der Waals surface area contributed by atoms with E-state index in [4.69, 9.17) is 9.57 Å². The zero-order valence-electron chi connectivity index (χ0n) is 16.8. The van der Waals surface area contributed by atoms with Crippen molar-refractivity contribution >= 4 is 11.7 Å². The molecule has 0 atom stereocenters. The maximum absolute atomic E-state index is 12.4. The molecule has 0 saturated heterocycles. The van der Waals surface area contributed by atoms with Crippen LogP contribution in [0.5, 0.6) is 5.75 Å². The van der Waals surface area contributed by atoms with Crippen molar-refractivity contribution in [3.8, 4) is 5.75 Å². The Bertz CT molecular complexity index is 874. The number of ether oxygens (including phenoxy) is 1. The largest absolute Gasteiger partial charge is 0.496 e. The van der Waals surface area contributed by atoms with Crippen LogP contribution in [0.3, 0.4) is 0 Å². The molecular weight excluding hydrogens is 338 g/mol. The first-order chi connectivity index (χ1) is 12.8. The average Bonchev–Trinajstić information content (AvgIpc) is 2.66. The van der Waals surface area contributed by atoms with Crippen LogP contribution in [0.4, 0.5) is 0 Å². The number of hydrogen-bond donors (Lipinski definition) is 0. The van der Waals surface area contributed by atoms with Gasteiger partial charge in [-0.3, -0.25) is 0 Å². The number of nitrogens with zero attached hydrogens (tertiary/aromatic N) is 1. The molecule has 2 aromatic carbocycles. The Balaban J connectivity index is 1.79. The molecule has 0 N–H and O–H groups in total. The van der Waals surface area contributed by atoms with Crippen molar-refractivity contribution in [3.05, 3.63) is 64.2 Å². The molecule has 0 fully saturated rings.